The van der Waals surface area contributed by atoms with Crippen molar-refractivity contribution in [3.63, 3.8) is 0 Å². The Bertz CT molecular complexity index is 1630. The summed E-state index contributed by atoms with van der Waals surface area (Å²) in [4.78, 5) is 32.8. The largest absolute Gasteiger partial charge is 0.526 e. The molecule has 4 heterocycles. The van der Waals surface area contributed by atoms with Crippen molar-refractivity contribution in [2.24, 2.45) is 0 Å². The molecular weight excluding hydrogens is 589 g/mol. The minimum Gasteiger partial charge on any atom is -0.465 e. The van der Waals surface area contributed by atoms with Crippen LogP contribution in [0.5, 0.6) is 0 Å². The molecule has 2 aliphatic rings. The van der Waals surface area contributed by atoms with E-state index in [-0.39, 0.29) is 36.3 Å². The Labute approximate surface area is 250 Å². The summed E-state index contributed by atoms with van der Waals surface area (Å²) in [5.74, 6) is 0.223. The van der Waals surface area contributed by atoms with Crippen LogP contribution in [0, 0.1) is 0 Å². The van der Waals surface area contributed by atoms with Crippen LogP contribution in [0.3, 0.4) is 0 Å². The molecule has 6 rings (SSSR count). The number of hydrogen-bond acceptors (Lipinski definition) is 9. The minimum absolute atomic E-state index is 0. The van der Waals surface area contributed by atoms with Gasteiger partial charge < -0.3 is 39.6 Å². The van der Waals surface area contributed by atoms with Gasteiger partial charge in [-0.2, -0.15) is 0 Å². The molecule has 42 heavy (non-hydrogen) atoms. The zero-order valence-corrected chi connectivity index (χ0v) is 22.4. The SMILES string of the molecule is C.O=C1Cc2cc(Cl)ccc2N1.O=C1Nc2ccc(Cl)cc2/C1=C\c1ccc(B(O)O)o1.O=Cc1ccc(B(O)O)o1. The first-order valence-corrected chi connectivity index (χ1v) is 12.6. The zero-order chi connectivity index (χ0) is 29.7. The summed E-state index contributed by atoms with van der Waals surface area (Å²) in [6, 6.07) is 16.2. The van der Waals surface area contributed by atoms with Crippen LogP contribution >= 0.6 is 23.2 Å². The molecule has 0 aliphatic carbocycles. The van der Waals surface area contributed by atoms with Gasteiger partial charge in [0, 0.05) is 27.0 Å². The molecule has 2 aromatic heterocycles. The summed E-state index contributed by atoms with van der Waals surface area (Å²) in [5, 5.41) is 41.6. The van der Waals surface area contributed by atoms with Gasteiger partial charge >= 0.3 is 14.2 Å². The number of carbonyl (C=O) groups excluding carboxylic acids is 3. The van der Waals surface area contributed by atoms with Crippen LogP contribution in [0.15, 0.2) is 69.5 Å². The molecule has 0 radical (unpaired) electrons. The maximum Gasteiger partial charge on any atom is 0.526 e. The highest BCUT2D eigenvalue weighted by molar-refractivity contribution is 6.57. The highest BCUT2D eigenvalue weighted by atomic mass is 35.5. The van der Waals surface area contributed by atoms with E-state index in [1.165, 1.54) is 24.3 Å². The van der Waals surface area contributed by atoms with Gasteiger partial charge in [-0.15, -0.1) is 0 Å². The second kappa shape index (κ2) is 14.2. The van der Waals surface area contributed by atoms with Gasteiger partial charge in [0.05, 0.1) is 12.0 Å². The molecule has 0 atom stereocenters. The number of fused-ring (bicyclic) bond motifs is 2. The molecule has 4 aromatic rings. The molecule has 11 nitrogen and oxygen atoms in total. The number of benzene rings is 2. The number of rotatable bonds is 4. The topological polar surface area (TPSA) is 182 Å². The summed E-state index contributed by atoms with van der Waals surface area (Å²) < 4.78 is 9.84. The quantitative estimate of drug-likeness (QED) is 0.114. The van der Waals surface area contributed by atoms with Crippen molar-refractivity contribution < 1.29 is 43.3 Å². The lowest BCUT2D eigenvalue weighted by Gasteiger charge is -1.98. The van der Waals surface area contributed by atoms with E-state index in [0.29, 0.717) is 45.3 Å². The maximum atomic E-state index is 11.9. The predicted octanol–water partition coefficient (Wildman–Crippen LogP) is 2.35. The van der Waals surface area contributed by atoms with E-state index in [1.807, 2.05) is 12.1 Å². The number of nitrogens with one attached hydrogen (secondary N) is 2. The molecule has 2 aromatic carbocycles. The smallest absolute Gasteiger partial charge is 0.465 e. The van der Waals surface area contributed by atoms with Gasteiger partial charge in [-0.1, -0.05) is 30.6 Å². The van der Waals surface area contributed by atoms with Crippen LogP contribution in [0.25, 0.3) is 11.6 Å². The molecule has 2 aliphatic heterocycles. The fourth-order valence-corrected chi connectivity index (χ4v) is 4.17. The van der Waals surface area contributed by atoms with Crippen LogP contribution < -0.4 is 22.0 Å². The number of aldehydes is 1. The number of amides is 2. The van der Waals surface area contributed by atoms with Gasteiger partial charge in [-0.05, 0) is 72.3 Å². The lowest BCUT2D eigenvalue weighted by atomic mass is 9.88. The molecular formula is C27H24B2Cl2N2O9. The van der Waals surface area contributed by atoms with Crippen molar-refractivity contribution in [3.05, 3.63) is 93.4 Å². The molecule has 6 N–H and O–H groups in total. The molecule has 2 amide bonds. The fourth-order valence-electron chi connectivity index (χ4n) is 3.80. The van der Waals surface area contributed by atoms with Crippen LogP contribution in [0.1, 0.15) is 34.9 Å². The van der Waals surface area contributed by atoms with E-state index in [4.69, 9.17) is 47.7 Å². The lowest BCUT2D eigenvalue weighted by molar-refractivity contribution is -0.115. The van der Waals surface area contributed by atoms with Crippen molar-refractivity contribution in [1.82, 2.24) is 0 Å². The van der Waals surface area contributed by atoms with Gasteiger partial charge in [0.1, 0.15) is 17.1 Å². The lowest BCUT2D eigenvalue weighted by Crippen LogP contribution is -2.27. The van der Waals surface area contributed by atoms with E-state index in [0.717, 1.165) is 11.3 Å². The van der Waals surface area contributed by atoms with Crippen molar-refractivity contribution in [2.75, 3.05) is 10.6 Å². The number of anilines is 2. The summed E-state index contributed by atoms with van der Waals surface area (Å²) in [6.07, 6.45) is 2.48. The zero-order valence-electron chi connectivity index (χ0n) is 20.9. The molecule has 0 saturated heterocycles. The molecule has 0 saturated carbocycles. The van der Waals surface area contributed by atoms with Crippen molar-refractivity contribution in [1.29, 1.82) is 0 Å². The first kappa shape index (κ1) is 32.4. The minimum atomic E-state index is -1.68. The van der Waals surface area contributed by atoms with Crippen LogP contribution in [-0.4, -0.2) is 52.4 Å². The Morgan fingerprint density at radius 2 is 1.33 bits per heavy atom. The number of hydrogen-bond donors (Lipinski definition) is 6. The van der Waals surface area contributed by atoms with Crippen LogP contribution in [-0.2, 0) is 16.0 Å². The van der Waals surface area contributed by atoms with E-state index in [9.17, 15) is 14.4 Å². The average molecular weight is 613 g/mol. The fraction of sp³-hybridized carbons (Fsp3) is 0.0741. The van der Waals surface area contributed by atoms with Crippen molar-refractivity contribution in [2.45, 2.75) is 13.8 Å². The van der Waals surface area contributed by atoms with Gasteiger partial charge in [-0.3, -0.25) is 14.4 Å². The van der Waals surface area contributed by atoms with Crippen LogP contribution in [0.2, 0.25) is 10.0 Å². The first-order valence-electron chi connectivity index (χ1n) is 11.8. The summed E-state index contributed by atoms with van der Waals surface area (Å²) >= 11 is 11.7. The summed E-state index contributed by atoms with van der Waals surface area (Å²) in [7, 11) is -3.32. The number of furan rings is 2. The molecule has 0 fully saturated rings. The van der Waals surface area contributed by atoms with Crippen LogP contribution in [0.4, 0.5) is 11.4 Å². The summed E-state index contributed by atoms with van der Waals surface area (Å²) in [6.45, 7) is 0. The Morgan fingerprint density at radius 1 is 0.762 bits per heavy atom. The normalized spacial score (nSPS) is 13.3. The third-order valence-electron chi connectivity index (χ3n) is 5.66. The second-order valence-corrected chi connectivity index (χ2v) is 9.45. The Kier molecular flexibility index (Phi) is 10.9. The monoisotopic (exact) mass is 612 g/mol. The van der Waals surface area contributed by atoms with Crippen molar-refractivity contribution >= 4 is 89.9 Å². The predicted molar refractivity (Wildman–Crippen MR) is 161 cm³/mol. The second-order valence-electron chi connectivity index (χ2n) is 8.57. The highest BCUT2D eigenvalue weighted by Gasteiger charge is 2.25. The third kappa shape index (κ3) is 8.01. The molecule has 0 unspecified atom stereocenters. The van der Waals surface area contributed by atoms with E-state index >= 15 is 0 Å². The van der Waals surface area contributed by atoms with Gasteiger partial charge in [0.15, 0.2) is 12.0 Å². The third-order valence-corrected chi connectivity index (χ3v) is 6.13. The van der Waals surface area contributed by atoms with E-state index < -0.39 is 14.2 Å². The average Bonchev–Trinajstić information content (AvgIpc) is 3.71. The van der Waals surface area contributed by atoms with Gasteiger partial charge in [-0.25, -0.2) is 0 Å². The number of halogens is 2. The summed E-state index contributed by atoms with van der Waals surface area (Å²) in [5.41, 5.74) is 3.64. The highest BCUT2D eigenvalue weighted by Crippen LogP contribution is 2.34. The maximum absolute atomic E-state index is 11.9. The van der Waals surface area contributed by atoms with Crippen molar-refractivity contribution in [3.8, 4) is 0 Å². The Balaban J connectivity index is 0.000000187. The first-order chi connectivity index (χ1) is 19.5. The Hall–Kier alpha value is -4.10. The van der Waals surface area contributed by atoms with Gasteiger partial charge in [0.25, 0.3) is 5.91 Å². The molecule has 0 bridgehead atoms. The number of carbonyl (C=O) groups is 3. The molecule has 216 valence electrons. The molecule has 15 heteroatoms. The molecule has 0 spiro atoms. The van der Waals surface area contributed by atoms with Gasteiger partial charge in [0.2, 0.25) is 5.91 Å². The Morgan fingerprint density at radius 3 is 1.90 bits per heavy atom. The van der Waals surface area contributed by atoms with E-state index in [2.05, 4.69) is 15.1 Å². The standard InChI is InChI=1S/C13H9BClNO4.C8H6ClNO.C5H5BO4.CH4/c15-7-1-3-11-9(5-7)10(13(17)16-11)6-8-2-4-12(20-8)14(18)19;9-6-1-2-7-5(3-6)4-8(11)10-7;7-3-4-1-2-5(10-4)6(8)9;/h1-6,18-19H,(H,16,17);1-3H,4H2,(H,10,11);1-3,8-9H;1H4/b10-6+;;;. The van der Waals surface area contributed by atoms with E-state index in [1.54, 1.807) is 30.3 Å².